The molecule has 17 heavy (non-hydrogen) atoms. The smallest absolute Gasteiger partial charge is 0.325 e. The molecule has 1 atom stereocenters. The van der Waals surface area contributed by atoms with Gasteiger partial charge in [-0.05, 0) is 26.7 Å². The summed E-state index contributed by atoms with van der Waals surface area (Å²) in [6, 6.07) is 0.0983. The van der Waals surface area contributed by atoms with Crippen molar-refractivity contribution in [3.63, 3.8) is 0 Å². The Morgan fingerprint density at radius 2 is 2.06 bits per heavy atom. The molecular formula is C12H23NO4. The summed E-state index contributed by atoms with van der Waals surface area (Å²) in [5, 5.41) is 3.20. The second-order valence-electron chi connectivity index (χ2n) is 4.51. The molecule has 0 bridgehead atoms. The lowest BCUT2D eigenvalue weighted by Gasteiger charge is -2.16. The van der Waals surface area contributed by atoms with E-state index in [1.165, 1.54) is 7.11 Å². The summed E-state index contributed by atoms with van der Waals surface area (Å²) in [5.74, 6) is -0.262. The molecule has 0 spiro atoms. The summed E-state index contributed by atoms with van der Waals surface area (Å²) >= 11 is 0. The van der Waals surface area contributed by atoms with Crippen LogP contribution in [0.4, 0.5) is 0 Å². The number of methoxy groups -OCH3 is 1. The van der Waals surface area contributed by atoms with Crippen LogP contribution in [0.3, 0.4) is 0 Å². The standard InChI is InChI=1S/C12H23NO4/c1-9(2)17-7-6-16-8-11(12(14)15-3)13-10-4-5-10/h9-11,13H,4-8H2,1-3H3. The fourth-order valence-corrected chi connectivity index (χ4v) is 1.40. The Morgan fingerprint density at radius 1 is 1.35 bits per heavy atom. The van der Waals surface area contributed by atoms with Crippen molar-refractivity contribution in [3.8, 4) is 0 Å². The van der Waals surface area contributed by atoms with Crippen LogP contribution in [0, 0.1) is 0 Å². The number of carbonyl (C=O) groups excluding carboxylic acids is 1. The number of nitrogens with one attached hydrogen (secondary N) is 1. The third kappa shape index (κ3) is 6.61. The molecule has 1 fully saturated rings. The summed E-state index contributed by atoms with van der Waals surface area (Å²) in [7, 11) is 1.39. The molecule has 1 unspecified atom stereocenters. The van der Waals surface area contributed by atoms with Crippen molar-refractivity contribution < 1.29 is 19.0 Å². The molecule has 1 N–H and O–H groups in total. The van der Waals surface area contributed by atoms with Gasteiger partial charge in [0.15, 0.2) is 0 Å². The fraction of sp³-hybridized carbons (Fsp3) is 0.917. The fourth-order valence-electron chi connectivity index (χ4n) is 1.40. The molecule has 0 aromatic carbocycles. The summed E-state index contributed by atoms with van der Waals surface area (Å²) in [6.45, 7) is 5.34. The molecule has 0 aromatic rings. The zero-order valence-electron chi connectivity index (χ0n) is 10.9. The van der Waals surface area contributed by atoms with Crippen molar-refractivity contribution >= 4 is 5.97 Å². The Bertz CT molecular complexity index is 229. The van der Waals surface area contributed by atoms with Gasteiger partial charge < -0.3 is 14.2 Å². The Labute approximate surface area is 103 Å². The van der Waals surface area contributed by atoms with Gasteiger partial charge in [0.25, 0.3) is 0 Å². The van der Waals surface area contributed by atoms with Crippen molar-refractivity contribution in [2.24, 2.45) is 0 Å². The third-order valence-corrected chi connectivity index (χ3v) is 2.46. The van der Waals surface area contributed by atoms with Crippen LogP contribution in [-0.4, -0.2) is 51.1 Å². The van der Waals surface area contributed by atoms with Crippen molar-refractivity contribution in [3.05, 3.63) is 0 Å². The number of carbonyl (C=O) groups is 1. The largest absolute Gasteiger partial charge is 0.468 e. The SMILES string of the molecule is COC(=O)C(COCCOC(C)C)NC1CC1. The number of hydrogen-bond acceptors (Lipinski definition) is 5. The maximum atomic E-state index is 11.5. The number of rotatable bonds is 9. The van der Waals surface area contributed by atoms with Crippen LogP contribution < -0.4 is 5.32 Å². The monoisotopic (exact) mass is 245 g/mol. The minimum atomic E-state index is -0.355. The highest BCUT2D eigenvalue weighted by Gasteiger charge is 2.28. The van der Waals surface area contributed by atoms with E-state index in [2.05, 4.69) is 5.32 Å². The van der Waals surface area contributed by atoms with Gasteiger partial charge in [-0.25, -0.2) is 0 Å². The molecule has 1 saturated carbocycles. The molecule has 0 aliphatic heterocycles. The molecule has 1 aliphatic rings. The first kappa shape index (κ1) is 14.4. The zero-order chi connectivity index (χ0) is 12.7. The van der Waals surface area contributed by atoms with E-state index in [1.54, 1.807) is 0 Å². The van der Waals surface area contributed by atoms with E-state index in [0.29, 0.717) is 25.9 Å². The molecule has 0 aromatic heterocycles. The highest BCUT2D eigenvalue weighted by Crippen LogP contribution is 2.19. The van der Waals surface area contributed by atoms with E-state index in [9.17, 15) is 4.79 Å². The van der Waals surface area contributed by atoms with Crippen LogP contribution in [0.25, 0.3) is 0 Å². The first-order valence-electron chi connectivity index (χ1n) is 6.16. The predicted octanol–water partition coefficient (Wildman–Crippen LogP) is 0.722. The van der Waals surface area contributed by atoms with Crippen LogP contribution in [0.15, 0.2) is 0 Å². The van der Waals surface area contributed by atoms with Crippen molar-refractivity contribution in [1.82, 2.24) is 5.32 Å². The van der Waals surface area contributed by atoms with Gasteiger partial charge in [0.05, 0.1) is 33.0 Å². The number of hydrogen-bond donors (Lipinski definition) is 1. The first-order chi connectivity index (χ1) is 8.13. The maximum absolute atomic E-state index is 11.5. The van der Waals surface area contributed by atoms with Gasteiger partial charge in [0.2, 0.25) is 0 Å². The van der Waals surface area contributed by atoms with Gasteiger partial charge >= 0.3 is 5.97 Å². The van der Waals surface area contributed by atoms with E-state index in [-0.39, 0.29) is 18.1 Å². The minimum absolute atomic E-state index is 0.208. The Balaban J connectivity index is 2.12. The van der Waals surface area contributed by atoms with Crippen molar-refractivity contribution in [2.75, 3.05) is 26.9 Å². The lowest BCUT2D eigenvalue weighted by atomic mass is 10.3. The quantitative estimate of drug-likeness (QED) is 0.479. The summed E-state index contributed by atoms with van der Waals surface area (Å²) in [5.41, 5.74) is 0. The minimum Gasteiger partial charge on any atom is -0.468 e. The van der Waals surface area contributed by atoms with E-state index in [0.717, 1.165) is 12.8 Å². The molecule has 0 radical (unpaired) electrons. The molecule has 0 amide bonds. The Hall–Kier alpha value is -0.650. The Morgan fingerprint density at radius 3 is 2.59 bits per heavy atom. The lowest BCUT2D eigenvalue weighted by molar-refractivity contribution is -0.145. The highest BCUT2D eigenvalue weighted by atomic mass is 16.5. The van der Waals surface area contributed by atoms with Gasteiger partial charge in [0, 0.05) is 6.04 Å². The molecular weight excluding hydrogens is 222 g/mol. The predicted molar refractivity (Wildman–Crippen MR) is 63.9 cm³/mol. The summed E-state index contributed by atoms with van der Waals surface area (Å²) in [6.07, 6.45) is 2.47. The summed E-state index contributed by atoms with van der Waals surface area (Å²) in [4.78, 5) is 11.5. The van der Waals surface area contributed by atoms with Gasteiger partial charge in [0.1, 0.15) is 6.04 Å². The van der Waals surface area contributed by atoms with Crippen molar-refractivity contribution in [2.45, 2.75) is 44.9 Å². The molecule has 1 rings (SSSR count). The average Bonchev–Trinajstić information content (AvgIpc) is 3.09. The molecule has 5 nitrogen and oxygen atoms in total. The first-order valence-corrected chi connectivity index (χ1v) is 6.16. The molecule has 0 saturated heterocycles. The van der Waals surface area contributed by atoms with E-state index >= 15 is 0 Å². The zero-order valence-corrected chi connectivity index (χ0v) is 10.9. The van der Waals surface area contributed by atoms with Crippen LogP contribution in [0.5, 0.6) is 0 Å². The molecule has 5 heteroatoms. The van der Waals surface area contributed by atoms with E-state index < -0.39 is 0 Å². The van der Waals surface area contributed by atoms with Gasteiger partial charge in [-0.2, -0.15) is 0 Å². The maximum Gasteiger partial charge on any atom is 0.325 e. The molecule has 100 valence electrons. The van der Waals surface area contributed by atoms with Gasteiger partial charge in [-0.3, -0.25) is 10.1 Å². The highest BCUT2D eigenvalue weighted by molar-refractivity contribution is 5.75. The second-order valence-corrected chi connectivity index (χ2v) is 4.51. The van der Waals surface area contributed by atoms with Crippen LogP contribution >= 0.6 is 0 Å². The number of ether oxygens (including phenoxy) is 3. The number of esters is 1. The van der Waals surface area contributed by atoms with Gasteiger partial charge in [-0.1, -0.05) is 0 Å². The van der Waals surface area contributed by atoms with Crippen LogP contribution in [0.2, 0.25) is 0 Å². The van der Waals surface area contributed by atoms with Gasteiger partial charge in [-0.15, -0.1) is 0 Å². The Kier molecular flexibility index (Phi) is 6.47. The van der Waals surface area contributed by atoms with E-state index in [4.69, 9.17) is 14.2 Å². The third-order valence-electron chi connectivity index (χ3n) is 2.46. The molecule has 1 aliphatic carbocycles. The molecule has 0 heterocycles. The summed E-state index contributed by atoms with van der Waals surface area (Å²) < 4.78 is 15.5. The topological polar surface area (TPSA) is 56.8 Å². The lowest BCUT2D eigenvalue weighted by Crippen LogP contribution is -2.42. The normalized spacial score (nSPS) is 17.2. The van der Waals surface area contributed by atoms with Crippen LogP contribution in [-0.2, 0) is 19.0 Å². The average molecular weight is 245 g/mol. The second kappa shape index (κ2) is 7.63. The van der Waals surface area contributed by atoms with Crippen molar-refractivity contribution in [1.29, 1.82) is 0 Å². The van der Waals surface area contributed by atoms with E-state index in [1.807, 2.05) is 13.8 Å². The van der Waals surface area contributed by atoms with Crippen LogP contribution in [0.1, 0.15) is 26.7 Å².